The van der Waals surface area contributed by atoms with Gasteiger partial charge in [0, 0.05) is 6.54 Å². The highest BCUT2D eigenvalue weighted by Crippen LogP contribution is 2.15. The third kappa shape index (κ3) is 6.27. The monoisotopic (exact) mass is 312 g/mol. The van der Waals surface area contributed by atoms with Crippen LogP contribution in [0, 0.1) is 5.92 Å². The zero-order valence-electron chi connectivity index (χ0n) is 11.8. The van der Waals surface area contributed by atoms with Gasteiger partial charge < -0.3 is 10.1 Å². The highest BCUT2D eigenvalue weighted by Gasteiger charge is 2.14. The van der Waals surface area contributed by atoms with E-state index >= 15 is 0 Å². The van der Waals surface area contributed by atoms with Crippen molar-refractivity contribution in [2.45, 2.75) is 13.8 Å². The lowest BCUT2D eigenvalue weighted by atomic mass is 10.2. The van der Waals surface area contributed by atoms with Gasteiger partial charge in [-0.3, -0.25) is 10.1 Å². The van der Waals surface area contributed by atoms with Crippen molar-refractivity contribution in [2.75, 3.05) is 13.2 Å². The van der Waals surface area contributed by atoms with Gasteiger partial charge in [0.05, 0.1) is 10.6 Å². The van der Waals surface area contributed by atoms with Gasteiger partial charge in [-0.2, -0.15) is 0 Å². The van der Waals surface area contributed by atoms with Crippen LogP contribution in [-0.4, -0.2) is 31.1 Å². The fraction of sp³-hybridized carbons (Fsp3) is 0.357. The first-order chi connectivity index (χ1) is 9.90. The molecular formula is C14H17ClN2O4. The average Bonchev–Trinajstić information content (AvgIpc) is 2.43. The Morgan fingerprint density at radius 2 is 1.90 bits per heavy atom. The van der Waals surface area contributed by atoms with Gasteiger partial charge in [0.15, 0.2) is 6.61 Å². The molecule has 21 heavy (non-hydrogen) atoms. The van der Waals surface area contributed by atoms with Crippen LogP contribution < -0.4 is 10.6 Å². The molecule has 2 N–H and O–H groups in total. The number of hydrogen-bond donors (Lipinski definition) is 2. The Bertz CT molecular complexity index is 531. The second-order valence-corrected chi connectivity index (χ2v) is 5.12. The number of carbonyl (C=O) groups excluding carboxylic acids is 3. The molecule has 0 saturated heterocycles. The third-order valence-electron chi connectivity index (χ3n) is 2.35. The molecule has 114 valence electrons. The Kier molecular flexibility index (Phi) is 6.68. The average molecular weight is 313 g/mol. The number of carbonyl (C=O) groups is 3. The molecule has 0 spiro atoms. The van der Waals surface area contributed by atoms with E-state index in [2.05, 4.69) is 10.6 Å². The number of halogens is 1. The standard InChI is InChI=1S/C14H17ClN2O4/c1-9(2)7-16-14(20)17-12(18)8-21-13(19)10-5-3-4-6-11(10)15/h3-6,9H,7-8H2,1-2H3,(H2,16,17,18,20). The lowest BCUT2D eigenvalue weighted by Gasteiger charge is -2.09. The van der Waals surface area contributed by atoms with Gasteiger partial charge in [0.1, 0.15) is 0 Å². The van der Waals surface area contributed by atoms with E-state index in [1.54, 1.807) is 12.1 Å². The first-order valence-electron chi connectivity index (χ1n) is 6.39. The predicted octanol–water partition coefficient (Wildman–Crippen LogP) is 1.98. The van der Waals surface area contributed by atoms with Gasteiger partial charge >= 0.3 is 12.0 Å². The molecule has 0 bridgehead atoms. The molecule has 1 aromatic rings. The van der Waals surface area contributed by atoms with Crippen molar-refractivity contribution < 1.29 is 19.1 Å². The molecule has 1 rings (SSSR count). The molecule has 0 radical (unpaired) electrons. The van der Waals surface area contributed by atoms with Crippen molar-refractivity contribution in [3.63, 3.8) is 0 Å². The number of ether oxygens (including phenoxy) is 1. The molecule has 0 aliphatic carbocycles. The Labute approximate surface area is 127 Å². The Balaban J connectivity index is 2.38. The fourth-order valence-electron chi connectivity index (χ4n) is 1.34. The quantitative estimate of drug-likeness (QED) is 0.814. The van der Waals surface area contributed by atoms with Crippen LogP contribution >= 0.6 is 11.6 Å². The van der Waals surface area contributed by atoms with Crippen molar-refractivity contribution in [1.82, 2.24) is 10.6 Å². The maximum Gasteiger partial charge on any atom is 0.340 e. The predicted molar refractivity (Wildman–Crippen MR) is 78.1 cm³/mol. The topological polar surface area (TPSA) is 84.5 Å². The smallest absolute Gasteiger partial charge is 0.340 e. The summed E-state index contributed by atoms with van der Waals surface area (Å²) in [6.07, 6.45) is 0. The maximum absolute atomic E-state index is 11.7. The van der Waals surface area contributed by atoms with Gasteiger partial charge in [0.2, 0.25) is 0 Å². The van der Waals surface area contributed by atoms with Crippen molar-refractivity contribution in [3.8, 4) is 0 Å². The van der Waals surface area contributed by atoms with Gasteiger partial charge in [0.25, 0.3) is 5.91 Å². The minimum Gasteiger partial charge on any atom is -0.452 e. The summed E-state index contributed by atoms with van der Waals surface area (Å²) in [7, 11) is 0. The number of esters is 1. The first kappa shape index (κ1) is 17.0. The van der Waals surface area contributed by atoms with E-state index in [9.17, 15) is 14.4 Å². The van der Waals surface area contributed by atoms with E-state index in [-0.39, 0.29) is 16.5 Å². The summed E-state index contributed by atoms with van der Waals surface area (Å²) in [6.45, 7) is 3.73. The second kappa shape index (κ2) is 8.26. The number of imide groups is 1. The maximum atomic E-state index is 11.7. The van der Waals surface area contributed by atoms with Crippen LogP contribution in [0.3, 0.4) is 0 Å². The molecule has 0 aliphatic heterocycles. The number of urea groups is 1. The summed E-state index contributed by atoms with van der Waals surface area (Å²) in [6, 6.07) is 5.70. The van der Waals surface area contributed by atoms with E-state index < -0.39 is 24.5 Å². The zero-order chi connectivity index (χ0) is 15.8. The largest absolute Gasteiger partial charge is 0.452 e. The normalized spacial score (nSPS) is 10.1. The minimum absolute atomic E-state index is 0.163. The molecule has 0 unspecified atom stereocenters. The summed E-state index contributed by atoms with van der Waals surface area (Å²) in [4.78, 5) is 34.4. The summed E-state index contributed by atoms with van der Waals surface area (Å²) in [5, 5.41) is 4.80. The van der Waals surface area contributed by atoms with E-state index in [1.807, 2.05) is 13.8 Å². The van der Waals surface area contributed by atoms with Crippen molar-refractivity contribution >= 4 is 29.5 Å². The second-order valence-electron chi connectivity index (χ2n) is 4.71. The van der Waals surface area contributed by atoms with E-state index in [0.717, 1.165) is 0 Å². The van der Waals surface area contributed by atoms with Crippen LogP contribution in [0.1, 0.15) is 24.2 Å². The van der Waals surface area contributed by atoms with Crippen molar-refractivity contribution in [1.29, 1.82) is 0 Å². The molecule has 0 atom stereocenters. The molecule has 7 heteroatoms. The van der Waals surface area contributed by atoms with Crippen LogP contribution in [-0.2, 0) is 9.53 Å². The van der Waals surface area contributed by atoms with E-state index in [1.165, 1.54) is 12.1 Å². The van der Waals surface area contributed by atoms with Gasteiger partial charge in [-0.15, -0.1) is 0 Å². The molecule has 1 aromatic carbocycles. The SMILES string of the molecule is CC(C)CNC(=O)NC(=O)COC(=O)c1ccccc1Cl. The minimum atomic E-state index is -0.724. The van der Waals surface area contributed by atoms with Crippen molar-refractivity contribution in [2.24, 2.45) is 5.92 Å². The third-order valence-corrected chi connectivity index (χ3v) is 2.68. The fourth-order valence-corrected chi connectivity index (χ4v) is 1.55. The van der Waals surface area contributed by atoms with Crippen LogP contribution in [0.5, 0.6) is 0 Å². The Morgan fingerprint density at radius 3 is 2.52 bits per heavy atom. The highest BCUT2D eigenvalue weighted by atomic mass is 35.5. The van der Waals surface area contributed by atoms with Crippen molar-refractivity contribution in [3.05, 3.63) is 34.9 Å². The molecule has 6 nitrogen and oxygen atoms in total. The lowest BCUT2D eigenvalue weighted by Crippen LogP contribution is -2.42. The first-order valence-corrected chi connectivity index (χ1v) is 6.77. The van der Waals surface area contributed by atoms with Crippen LogP contribution in [0.2, 0.25) is 5.02 Å². The molecule has 0 fully saturated rings. The Morgan fingerprint density at radius 1 is 1.24 bits per heavy atom. The van der Waals surface area contributed by atoms with Gasteiger partial charge in [-0.25, -0.2) is 9.59 Å². The number of hydrogen-bond acceptors (Lipinski definition) is 4. The molecule has 0 aromatic heterocycles. The van der Waals surface area contributed by atoms with E-state index in [4.69, 9.17) is 16.3 Å². The molecule has 0 aliphatic rings. The number of benzene rings is 1. The van der Waals surface area contributed by atoms with Crippen LogP contribution in [0.25, 0.3) is 0 Å². The van der Waals surface area contributed by atoms with Crippen LogP contribution in [0.4, 0.5) is 4.79 Å². The summed E-state index contributed by atoms with van der Waals surface area (Å²) in [5.41, 5.74) is 0.163. The summed E-state index contributed by atoms with van der Waals surface area (Å²) < 4.78 is 4.78. The van der Waals surface area contributed by atoms with Gasteiger partial charge in [-0.1, -0.05) is 37.6 Å². The lowest BCUT2D eigenvalue weighted by molar-refractivity contribution is -0.123. The van der Waals surface area contributed by atoms with E-state index in [0.29, 0.717) is 6.54 Å². The van der Waals surface area contributed by atoms with Crippen LogP contribution in [0.15, 0.2) is 24.3 Å². The molecule has 0 saturated carbocycles. The summed E-state index contributed by atoms with van der Waals surface area (Å²) >= 11 is 5.82. The Hall–Kier alpha value is -2.08. The van der Waals surface area contributed by atoms with Gasteiger partial charge in [-0.05, 0) is 18.1 Å². The number of rotatable bonds is 5. The summed E-state index contributed by atoms with van der Waals surface area (Å²) in [5.74, 6) is -1.17. The number of amides is 3. The highest BCUT2D eigenvalue weighted by molar-refractivity contribution is 6.33. The molecule has 3 amide bonds. The molecular weight excluding hydrogens is 296 g/mol. The number of nitrogens with one attached hydrogen (secondary N) is 2. The molecule has 0 heterocycles. The zero-order valence-corrected chi connectivity index (χ0v) is 12.6.